The van der Waals surface area contributed by atoms with Crippen molar-refractivity contribution in [2.45, 2.75) is 158 Å². The minimum Gasteiger partial charge on any atom is -0.657 e. The van der Waals surface area contributed by atoms with Gasteiger partial charge in [-0.25, -0.2) is 0 Å². The molecule has 0 N–H and O–H groups in total. The minimum absolute atomic E-state index is 0. The van der Waals surface area contributed by atoms with Crippen molar-refractivity contribution >= 4 is 82.0 Å². The minimum atomic E-state index is 0. The molecule has 10 aromatic carbocycles. The normalized spacial score (nSPS) is 11.8. The first-order valence-electron chi connectivity index (χ1n) is 34.5. The molecular formula is C88H86Au2N8-2. The van der Waals surface area contributed by atoms with E-state index in [-0.39, 0.29) is 44.8 Å². The second kappa shape index (κ2) is 28.6. The van der Waals surface area contributed by atoms with E-state index in [0.29, 0.717) is 58.5 Å². The van der Waals surface area contributed by atoms with Crippen molar-refractivity contribution in [3.63, 3.8) is 0 Å². The first kappa shape index (κ1) is 70.5. The molecule has 5 heterocycles. The van der Waals surface area contributed by atoms with E-state index in [1.165, 1.54) is 105 Å². The van der Waals surface area contributed by atoms with E-state index in [9.17, 15) is 0 Å². The van der Waals surface area contributed by atoms with Gasteiger partial charge in [0.15, 0.2) is 0 Å². The summed E-state index contributed by atoms with van der Waals surface area (Å²) in [6.45, 7) is 37.2. The van der Waals surface area contributed by atoms with E-state index in [0.717, 1.165) is 43.9 Å². The van der Waals surface area contributed by atoms with Gasteiger partial charge in [0, 0.05) is 55.8 Å². The summed E-state index contributed by atoms with van der Waals surface area (Å²) in [6.07, 6.45) is 8.22. The van der Waals surface area contributed by atoms with Gasteiger partial charge < -0.3 is 9.38 Å². The molecule has 0 fully saturated rings. The van der Waals surface area contributed by atoms with Crippen LogP contribution in [-0.2, 0) is 44.8 Å². The van der Waals surface area contributed by atoms with Crippen LogP contribution in [0.3, 0.4) is 0 Å². The Morgan fingerprint density at radius 2 is 0.673 bits per heavy atom. The fraction of sp³-hybridized carbons (Fsp3) is 0.273. The topological polar surface area (TPSA) is 83.7 Å². The summed E-state index contributed by atoms with van der Waals surface area (Å²) in [4.78, 5) is 4.45. The van der Waals surface area contributed by atoms with Crippen LogP contribution >= 0.6 is 0 Å². The van der Waals surface area contributed by atoms with Crippen LogP contribution in [0.25, 0.3) is 105 Å². The van der Waals surface area contributed by atoms with Crippen molar-refractivity contribution in [1.82, 2.24) is 18.5 Å². The fourth-order valence-corrected chi connectivity index (χ4v) is 14.7. The largest absolute Gasteiger partial charge is 0.657 e. The molecule has 0 bridgehead atoms. The molecule has 0 aliphatic heterocycles. The van der Waals surface area contributed by atoms with Crippen molar-refractivity contribution in [2.75, 3.05) is 0 Å². The zero-order chi connectivity index (χ0) is 67.7. The van der Waals surface area contributed by atoms with Gasteiger partial charge >= 0.3 is 0 Å². The predicted molar refractivity (Wildman–Crippen MR) is 398 cm³/mol. The zero-order valence-corrected chi connectivity index (χ0v) is 63.5. The number of hydrogen-bond acceptors (Lipinski definition) is 2. The summed E-state index contributed by atoms with van der Waals surface area (Å²) in [5, 5.41) is 24.8. The van der Waals surface area contributed by atoms with Gasteiger partial charge in [-0.05, 0) is 167 Å². The number of imidazole rings is 2. The average Bonchev–Trinajstić information content (AvgIpc) is 1.55. The van der Waals surface area contributed by atoms with Crippen LogP contribution < -0.4 is 14.1 Å². The van der Waals surface area contributed by atoms with Crippen LogP contribution in [0, 0.1) is 41.4 Å². The molecule has 0 saturated heterocycles. The summed E-state index contributed by atoms with van der Waals surface area (Å²) >= 11 is 0. The number of rotatable bonds is 12. The molecule has 98 heavy (non-hydrogen) atoms. The number of aromatic nitrogens is 6. The predicted octanol–water partition coefficient (Wildman–Crippen LogP) is 22.0. The van der Waals surface area contributed by atoms with Gasteiger partial charge in [0.1, 0.15) is 0 Å². The molecular weight excluding hydrogens is 1560 g/mol. The first-order chi connectivity index (χ1) is 46.2. The van der Waals surface area contributed by atoms with Crippen LogP contribution in [0.5, 0.6) is 0 Å². The fourth-order valence-electron chi connectivity index (χ4n) is 14.7. The van der Waals surface area contributed by atoms with E-state index >= 15 is 0 Å². The summed E-state index contributed by atoms with van der Waals surface area (Å²) < 4.78 is 12.1. The molecule has 0 spiro atoms. The monoisotopic (exact) mass is 1650 g/mol. The van der Waals surface area contributed by atoms with Gasteiger partial charge in [0.05, 0.1) is 68.1 Å². The summed E-state index contributed by atoms with van der Waals surface area (Å²) in [6, 6.07) is 72.2. The third-order valence-electron chi connectivity index (χ3n) is 19.5. The molecule has 0 aliphatic rings. The molecule has 10 heteroatoms. The van der Waals surface area contributed by atoms with Gasteiger partial charge in [-0.1, -0.05) is 232 Å². The Hall–Kier alpha value is -8.80. The molecule has 8 nitrogen and oxygen atoms in total. The molecule has 0 aliphatic carbocycles. The number of benzene rings is 10. The van der Waals surface area contributed by atoms with E-state index in [4.69, 9.17) is 10.5 Å². The summed E-state index contributed by atoms with van der Waals surface area (Å²) in [5.41, 5.74) is 27.0. The van der Waals surface area contributed by atoms with Gasteiger partial charge in [0.25, 0.3) is 12.7 Å². The molecule has 15 aromatic rings. The van der Waals surface area contributed by atoms with E-state index in [1.54, 1.807) is 12.1 Å². The Morgan fingerprint density at radius 1 is 0.347 bits per heavy atom. The Kier molecular flexibility index (Phi) is 20.6. The maximum Gasteiger partial charge on any atom is 0.269 e. The van der Waals surface area contributed by atoms with Crippen LogP contribution in [-0.4, -0.2) is 13.5 Å². The van der Waals surface area contributed by atoms with Gasteiger partial charge in [-0.2, -0.15) is 28.7 Å². The number of hydrogen-bond donors (Lipinski definition) is 0. The number of nitriles is 2. The van der Waals surface area contributed by atoms with Crippen molar-refractivity contribution < 1.29 is 53.9 Å². The third kappa shape index (κ3) is 12.3. The standard InChI is InChI=1S/C56H70N4.C18H10N.C14H6N3.2Au/c1-33(2)41-21-17-22-42(34(3)4)53(41)57-31-58(54-43(35(5)6)23-18-24-44(54)36(7)8)50-30-52-51(29-49(50)57)59(55-45(37(9)10)25-19-26-46(55)38(11)12)32-60(52)56-47(39(13)14)27-20-28-48(56)40(15)16;1-3-10-16-12(6-1)14-8-5-9-15-13-7-2-4-11-17(13)19(16)18(14)15;15-7-9-1-3-13-11(5-9)12-6-10(8-16)2-4-14(12)17-13;;/h17-30,33-40H,1-16H3;1-4,6-11H;1-6H;;/q;2*-1;;. The van der Waals surface area contributed by atoms with E-state index in [2.05, 4.69) is 315 Å². The second-order valence-corrected chi connectivity index (χ2v) is 28.5. The van der Waals surface area contributed by atoms with Crippen LogP contribution in [0.15, 0.2) is 182 Å². The Morgan fingerprint density at radius 3 is 1.00 bits per heavy atom. The molecule has 2 radical (unpaired) electrons. The number of fused-ring (bicyclic) bond motifs is 11. The molecule has 0 amide bonds. The molecule has 5 aromatic heterocycles. The van der Waals surface area contributed by atoms with Crippen molar-refractivity contribution in [1.29, 1.82) is 10.5 Å². The average molecular weight is 1650 g/mol. The number of nitrogens with zero attached hydrogens (tertiary/aromatic N) is 8. The van der Waals surface area contributed by atoms with E-state index < -0.39 is 0 Å². The molecule has 0 unspecified atom stereocenters. The Labute approximate surface area is 609 Å². The number of para-hydroxylation sites is 6. The summed E-state index contributed by atoms with van der Waals surface area (Å²) in [5.74, 6) is 2.58. The third-order valence-corrected chi connectivity index (χ3v) is 19.5. The first-order valence-corrected chi connectivity index (χ1v) is 34.5. The Bertz CT molecular complexity index is 4940. The molecule has 0 saturated carbocycles. The van der Waals surface area contributed by atoms with Crippen LogP contribution in [0.1, 0.15) is 214 Å². The zero-order valence-electron chi connectivity index (χ0n) is 59.1. The second-order valence-electron chi connectivity index (χ2n) is 28.5. The maximum atomic E-state index is 8.88. The molecule has 0 atom stereocenters. The molecule has 502 valence electrons. The van der Waals surface area contributed by atoms with Crippen molar-refractivity contribution in [3.05, 3.63) is 256 Å². The van der Waals surface area contributed by atoms with Crippen molar-refractivity contribution in [2.24, 2.45) is 0 Å². The Balaban J connectivity index is 0.000000204. The maximum absolute atomic E-state index is 8.88. The smallest absolute Gasteiger partial charge is 0.269 e. The van der Waals surface area contributed by atoms with Gasteiger partial charge in [-0.15, -0.1) is 21.8 Å². The quantitative estimate of drug-likeness (QED) is 0.0694. The van der Waals surface area contributed by atoms with Crippen molar-refractivity contribution in [3.8, 4) is 34.9 Å². The molecule has 15 rings (SSSR count). The SMILES string of the molecule is CC(C)c1cccc(C(C)C)c1-n1[c-][n+](-c2c(C(C)C)cccc2C(C)C)c2cc3c(cc21)n(-c1c(C(C)C)cccc1C(C)C)[c-][n+]3-c1c(C(C)C)cccc1C(C)C.N#Cc1ccc2[n-]c3ccc(C#N)cc3c2c1.[Au].[Au].[c-]1cc2c3ccccc3n3c4ccccc4c(c1)c23. The van der Waals surface area contributed by atoms with E-state index in [1.807, 2.05) is 24.3 Å². The van der Waals surface area contributed by atoms with Gasteiger partial charge in [-0.3, -0.25) is 18.3 Å². The van der Waals surface area contributed by atoms with Crippen LogP contribution in [0.2, 0.25) is 0 Å². The van der Waals surface area contributed by atoms with Crippen LogP contribution in [0.4, 0.5) is 0 Å². The van der Waals surface area contributed by atoms with Gasteiger partial charge in [0.2, 0.25) is 0 Å². The summed E-state index contributed by atoms with van der Waals surface area (Å²) in [7, 11) is 0.